The summed E-state index contributed by atoms with van der Waals surface area (Å²) >= 11 is 5.29. The van der Waals surface area contributed by atoms with Crippen LogP contribution >= 0.6 is 27.7 Å². The van der Waals surface area contributed by atoms with Crippen LogP contribution in [0.1, 0.15) is 26.7 Å². The van der Waals surface area contributed by atoms with Gasteiger partial charge in [0.25, 0.3) is 0 Å². The summed E-state index contributed by atoms with van der Waals surface area (Å²) in [5.41, 5.74) is 0.784. The largest absolute Gasteiger partial charge is 0.327 e. The highest BCUT2D eigenvalue weighted by molar-refractivity contribution is 9.10. The van der Waals surface area contributed by atoms with Crippen molar-refractivity contribution in [2.24, 2.45) is 5.92 Å². The first kappa shape index (κ1) is 18.6. The zero-order chi connectivity index (χ0) is 18.0. The van der Waals surface area contributed by atoms with Gasteiger partial charge in [-0.3, -0.25) is 4.79 Å². The summed E-state index contributed by atoms with van der Waals surface area (Å²) in [6, 6.07) is 7.52. The Balaban J connectivity index is 1.61. The van der Waals surface area contributed by atoms with E-state index in [1.54, 1.807) is 0 Å². The number of benzene rings is 1. The predicted octanol–water partition coefficient (Wildman–Crippen LogP) is 4.00. The summed E-state index contributed by atoms with van der Waals surface area (Å²) in [6.07, 6.45) is 1.67. The van der Waals surface area contributed by atoms with E-state index in [1.165, 1.54) is 0 Å². The van der Waals surface area contributed by atoms with E-state index < -0.39 is 0 Å². The van der Waals surface area contributed by atoms with E-state index in [1.807, 2.05) is 54.8 Å². The molecule has 1 aromatic rings. The number of amides is 3. The lowest BCUT2D eigenvalue weighted by Gasteiger charge is -2.44. The molecule has 0 aromatic heterocycles. The SMILES string of the molecule is CC(C)C(=O)N1CCSC12CCN(C(=O)Nc1cccc(Br)c1)CC2. The molecule has 2 aliphatic rings. The summed E-state index contributed by atoms with van der Waals surface area (Å²) in [5.74, 6) is 1.24. The van der Waals surface area contributed by atoms with Gasteiger partial charge in [-0.15, -0.1) is 11.8 Å². The summed E-state index contributed by atoms with van der Waals surface area (Å²) in [4.78, 5) is 28.8. The maximum absolute atomic E-state index is 12.5. The highest BCUT2D eigenvalue weighted by atomic mass is 79.9. The number of carbonyl (C=O) groups is 2. The van der Waals surface area contributed by atoms with Gasteiger partial charge in [-0.05, 0) is 31.0 Å². The zero-order valence-electron chi connectivity index (χ0n) is 14.6. The fourth-order valence-corrected chi connectivity index (χ4v) is 5.33. The van der Waals surface area contributed by atoms with Crippen molar-refractivity contribution in [3.63, 3.8) is 0 Å². The zero-order valence-corrected chi connectivity index (χ0v) is 17.0. The molecule has 1 spiro atoms. The van der Waals surface area contributed by atoms with E-state index in [9.17, 15) is 9.59 Å². The third kappa shape index (κ3) is 3.97. The number of anilines is 1. The molecule has 3 rings (SSSR count). The molecule has 2 heterocycles. The van der Waals surface area contributed by atoms with E-state index in [0.717, 1.165) is 35.3 Å². The van der Waals surface area contributed by atoms with Crippen LogP contribution in [-0.2, 0) is 4.79 Å². The molecule has 5 nitrogen and oxygen atoms in total. The number of thioether (sulfide) groups is 1. The van der Waals surface area contributed by atoms with Crippen molar-refractivity contribution in [1.82, 2.24) is 9.80 Å². The van der Waals surface area contributed by atoms with Gasteiger partial charge in [-0.1, -0.05) is 35.8 Å². The van der Waals surface area contributed by atoms with Gasteiger partial charge >= 0.3 is 6.03 Å². The van der Waals surface area contributed by atoms with Crippen LogP contribution in [-0.4, -0.2) is 52.0 Å². The molecule has 0 aliphatic carbocycles. The topological polar surface area (TPSA) is 52.7 Å². The monoisotopic (exact) mass is 425 g/mol. The molecule has 0 bridgehead atoms. The minimum absolute atomic E-state index is 0.0217. The Labute approximate surface area is 161 Å². The van der Waals surface area contributed by atoms with Crippen LogP contribution in [0.5, 0.6) is 0 Å². The molecular formula is C18H24BrN3O2S. The Bertz CT molecular complexity index is 659. The number of nitrogens with zero attached hydrogens (tertiary/aromatic N) is 2. The molecule has 3 amide bonds. The van der Waals surface area contributed by atoms with E-state index in [2.05, 4.69) is 26.1 Å². The number of rotatable bonds is 2. The Morgan fingerprint density at radius 3 is 2.60 bits per heavy atom. The maximum Gasteiger partial charge on any atom is 0.321 e. The summed E-state index contributed by atoms with van der Waals surface area (Å²) in [5, 5.41) is 2.95. The third-order valence-electron chi connectivity index (χ3n) is 4.85. The first-order valence-corrected chi connectivity index (χ1v) is 10.5. The van der Waals surface area contributed by atoms with Crippen LogP contribution in [0.4, 0.5) is 10.5 Å². The Morgan fingerprint density at radius 1 is 1.24 bits per heavy atom. The van der Waals surface area contributed by atoms with Gasteiger partial charge in [0, 0.05) is 41.5 Å². The van der Waals surface area contributed by atoms with Crippen molar-refractivity contribution in [3.05, 3.63) is 28.7 Å². The van der Waals surface area contributed by atoms with E-state index >= 15 is 0 Å². The van der Waals surface area contributed by atoms with Crippen LogP contribution in [0.2, 0.25) is 0 Å². The van der Waals surface area contributed by atoms with Gasteiger partial charge in [0.1, 0.15) is 0 Å². The number of hydrogen-bond donors (Lipinski definition) is 1. The van der Waals surface area contributed by atoms with Crippen LogP contribution in [0.15, 0.2) is 28.7 Å². The number of likely N-dealkylation sites (tertiary alicyclic amines) is 1. The van der Waals surface area contributed by atoms with E-state index in [-0.39, 0.29) is 22.7 Å². The molecule has 0 saturated carbocycles. The predicted molar refractivity (Wildman–Crippen MR) is 106 cm³/mol. The second-order valence-electron chi connectivity index (χ2n) is 6.87. The van der Waals surface area contributed by atoms with Gasteiger partial charge in [0.2, 0.25) is 5.91 Å². The summed E-state index contributed by atoms with van der Waals surface area (Å²) in [6.45, 7) is 6.09. The molecule has 25 heavy (non-hydrogen) atoms. The number of nitrogens with one attached hydrogen (secondary N) is 1. The van der Waals surface area contributed by atoms with Crippen LogP contribution in [0.25, 0.3) is 0 Å². The van der Waals surface area contributed by atoms with Crippen LogP contribution in [0, 0.1) is 5.92 Å². The molecule has 0 unspecified atom stereocenters. The van der Waals surface area contributed by atoms with Gasteiger partial charge in [-0.2, -0.15) is 0 Å². The minimum Gasteiger partial charge on any atom is -0.327 e. The average Bonchev–Trinajstić information content (AvgIpc) is 2.97. The van der Waals surface area contributed by atoms with Crippen molar-refractivity contribution in [1.29, 1.82) is 0 Å². The van der Waals surface area contributed by atoms with Gasteiger partial charge in [0.15, 0.2) is 0 Å². The number of carbonyl (C=O) groups excluding carboxylic acids is 2. The van der Waals surface area contributed by atoms with Crippen molar-refractivity contribution in [2.45, 2.75) is 31.6 Å². The van der Waals surface area contributed by atoms with Gasteiger partial charge < -0.3 is 15.1 Å². The Morgan fingerprint density at radius 2 is 1.96 bits per heavy atom. The summed E-state index contributed by atoms with van der Waals surface area (Å²) < 4.78 is 0.938. The number of hydrogen-bond acceptors (Lipinski definition) is 3. The van der Waals surface area contributed by atoms with E-state index in [4.69, 9.17) is 0 Å². The molecule has 2 aliphatic heterocycles. The second kappa shape index (κ2) is 7.58. The maximum atomic E-state index is 12.5. The smallest absolute Gasteiger partial charge is 0.321 e. The first-order chi connectivity index (χ1) is 11.9. The Kier molecular flexibility index (Phi) is 5.63. The normalized spacial score (nSPS) is 19.5. The highest BCUT2D eigenvalue weighted by Gasteiger charge is 2.47. The standard InChI is InChI=1S/C18H24BrN3O2S/c1-13(2)16(23)22-10-11-25-18(22)6-8-21(9-7-18)17(24)20-15-5-3-4-14(19)12-15/h3-5,12-13H,6-11H2,1-2H3,(H,20,24). The summed E-state index contributed by atoms with van der Waals surface area (Å²) in [7, 11) is 0. The number of halogens is 1. The molecule has 2 fully saturated rings. The van der Waals surface area contributed by atoms with Crippen molar-refractivity contribution in [2.75, 3.05) is 30.7 Å². The molecule has 136 valence electrons. The fraction of sp³-hybridized carbons (Fsp3) is 0.556. The van der Waals surface area contributed by atoms with Crippen molar-refractivity contribution >= 4 is 45.3 Å². The molecule has 2 saturated heterocycles. The number of piperidine rings is 1. The fourth-order valence-electron chi connectivity index (χ4n) is 3.47. The van der Waals surface area contributed by atoms with Gasteiger partial charge in [0.05, 0.1) is 4.87 Å². The lowest BCUT2D eigenvalue weighted by Crippen LogP contribution is -2.55. The lowest BCUT2D eigenvalue weighted by atomic mass is 10.0. The molecule has 1 aromatic carbocycles. The average molecular weight is 426 g/mol. The molecule has 0 atom stereocenters. The molecule has 0 radical (unpaired) electrons. The second-order valence-corrected chi connectivity index (χ2v) is 9.24. The van der Waals surface area contributed by atoms with Crippen LogP contribution in [0.3, 0.4) is 0 Å². The quantitative estimate of drug-likeness (QED) is 0.778. The van der Waals surface area contributed by atoms with Gasteiger partial charge in [-0.25, -0.2) is 4.79 Å². The Hall–Kier alpha value is -1.21. The molecular weight excluding hydrogens is 402 g/mol. The first-order valence-electron chi connectivity index (χ1n) is 8.68. The lowest BCUT2D eigenvalue weighted by molar-refractivity contribution is -0.137. The van der Waals surface area contributed by atoms with E-state index in [0.29, 0.717) is 13.1 Å². The minimum atomic E-state index is -0.117. The van der Waals surface area contributed by atoms with Crippen molar-refractivity contribution < 1.29 is 9.59 Å². The van der Waals surface area contributed by atoms with Crippen LogP contribution < -0.4 is 5.32 Å². The number of urea groups is 1. The highest BCUT2D eigenvalue weighted by Crippen LogP contribution is 2.44. The van der Waals surface area contributed by atoms with Crippen molar-refractivity contribution in [3.8, 4) is 0 Å². The molecule has 1 N–H and O–H groups in total. The third-order valence-corrected chi connectivity index (χ3v) is 6.89. The molecule has 7 heteroatoms.